The third-order valence-corrected chi connectivity index (χ3v) is 5.94. The second-order valence-corrected chi connectivity index (χ2v) is 8.30. The Hall–Kier alpha value is -2.22. The number of aliphatic hydroxyl groups excluding tert-OH is 1. The van der Waals surface area contributed by atoms with Gasteiger partial charge in [0.2, 0.25) is 0 Å². The summed E-state index contributed by atoms with van der Waals surface area (Å²) in [5.74, 6) is 1.78. The van der Waals surface area contributed by atoms with Crippen molar-refractivity contribution in [2.24, 2.45) is 0 Å². The van der Waals surface area contributed by atoms with E-state index in [0.717, 1.165) is 57.4 Å². The molecule has 0 aliphatic carbocycles. The van der Waals surface area contributed by atoms with Crippen molar-refractivity contribution >= 4 is 5.82 Å². The molecule has 0 spiro atoms. The minimum absolute atomic E-state index is 0.347. The van der Waals surface area contributed by atoms with E-state index in [4.69, 9.17) is 4.74 Å². The fourth-order valence-electron chi connectivity index (χ4n) is 4.22. The Kier molecular flexibility index (Phi) is 7.50. The zero-order valence-electron chi connectivity index (χ0n) is 17.7. The van der Waals surface area contributed by atoms with E-state index in [1.54, 1.807) is 12.4 Å². The highest BCUT2D eigenvalue weighted by Gasteiger charge is 2.18. The van der Waals surface area contributed by atoms with Crippen molar-refractivity contribution in [2.45, 2.75) is 31.9 Å². The quantitative estimate of drug-likeness (QED) is 0.713. The predicted molar refractivity (Wildman–Crippen MR) is 118 cm³/mol. The minimum Gasteiger partial charge on any atom is -0.491 e. The van der Waals surface area contributed by atoms with Gasteiger partial charge < -0.3 is 19.6 Å². The standard InChI is InChI=1S/C23H33N5O2/c29-21(18-26-10-2-1-3-11-26)19-30-22-6-4-20(5-7-22)17-27-12-14-28(15-13-27)23-16-24-8-9-25-23/h4-9,16,21,29H,1-3,10-15,17-19H2. The Labute approximate surface area is 179 Å². The number of nitrogens with zero attached hydrogens (tertiary/aromatic N) is 5. The van der Waals surface area contributed by atoms with Crippen LogP contribution in [0.3, 0.4) is 0 Å². The molecule has 4 rings (SSSR count). The minimum atomic E-state index is -0.437. The van der Waals surface area contributed by atoms with Crippen LogP contribution in [0.25, 0.3) is 0 Å². The third-order valence-electron chi connectivity index (χ3n) is 5.94. The van der Waals surface area contributed by atoms with Crippen LogP contribution in [0.5, 0.6) is 5.75 Å². The molecule has 30 heavy (non-hydrogen) atoms. The molecule has 1 atom stereocenters. The maximum Gasteiger partial charge on any atom is 0.147 e. The van der Waals surface area contributed by atoms with Crippen LogP contribution >= 0.6 is 0 Å². The molecule has 0 saturated carbocycles. The number of piperazine rings is 1. The zero-order chi connectivity index (χ0) is 20.6. The molecule has 2 fully saturated rings. The van der Waals surface area contributed by atoms with Crippen molar-refractivity contribution in [3.8, 4) is 5.75 Å². The maximum absolute atomic E-state index is 10.3. The van der Waals surface area contributed by atoms with Crippen molar-refractivity contribution in [1.29, 1.82) is 0 Å². The van der Waals surface area contributed by atoms with E-state index in [1.165, 1.54) is 24.8 Å². The van der Waals surface area contributed by atoms with E-state index in [1.807, 2.05) is 18.3 Å². The topological polar surface area (TPSA) is 65.0 Å². The molecular weight excluding hydrogens is 378 g/mol. The molecule has 1 aromatic heterocycles. The van der Waals surface area contributed by atoms with Gasteiger partial charge in [0, 0.05) is 51.7 Å². The van der Waals surface area contributed by atoms with Crippen molar-refractivity contribution in [3.63, 3.8) is 0 Å². The van der Waals surface area contributed by atoms with Gasteiger partial charge in [-0.1, -0.05) is 18.6 Å². The number of benzene rings is 1. The molecule has 2 saturated heterocycles. The highest BCUT2D eigenvalue weighted by Crippen LogP contribution is 2.17. The normalized spacial score (nSPS) is 19.6. The van der Waals surface area contributed by atoms with Gasteiger partial charge in [0.25, 0.3) is 0 Å². The molecule has 1 unspecified atom stereocenters. The lowest BCUT2D eigenvalue weighted by molar-refractivity contribution is 0.0617. The number of hydrogen-bond acceptors (Lipinski definition) is 7. The Morgan fingerprint density at radius 2 is 1.67 bits per heavy atom. The summed E-state index contributed by atoms with van der Waals surface area (Å²) in [6.07, 6.45) is 8.65. The average molecular weight is 412 g/mol. The molecule has 0 radical (unpaired) electrons. The van der Waals surface area contributed by atoms with E-state index in [2.05, 4.69) is 36.8 Å². The lowest BCUT2D eigenvalue weighted by Gasteiger charge is -2.35. The Bertz CT molecular complexity index is 744. The second-order valence-electron chi connectivity index (χ2n) is 8.30. The molecule has 0 bridgehead atoms. The number of anilines is 1. The Morgan fingerprint density at radius 1 is 0.900 bits per heavy atom. The molecule has 2 aliphatic heterocycles. The SMILES string of the molecule is OC(COc1ccc(CN2CCN(c3cnccn3)CC2)cc1)CN1CCCCC1. The molecule has 162 valence electrons. The Balaban J connectivity index is 1.18. The summed E-state index contributed by atoms with van der Waals surface area (Å²) in [4.78, 5) is 15.6. The number of aromatic nitrogens is 2. The summed E-state index contributed by atoms with van der Waals surface area (Å²) in [6.45, 7) is 8.14. The predicted octanol–water partition coefficient (Wildman–Crippen LogP) is 2.02. The van der Waals surface area contributed by atoms with Gasteiger partial charge in [-0.05, 0) is 43.6 Å². The average Bonchev–Trinajstić information content (AvgIpc) is 2.80. The smallest absolute Gasteiger partial charge is 0.147 e. The van der Waals surface area contributed by atoms with Gasteiger partial charge >= 0.3 is 0 Å². The number of β-amino-alcohol motifs (C(OH)–C–C–N with tert-alkyl or cyclic N) is 1. The first kappa shape index (κ1) is 21.0. The van der Waals surface area contributed by atoms with E-state index < -0.39 is 6.10 Å². The van der Waals surface area contributed by atoms with Gasteiger partial charge in [0.15, 0.2) is 0 Å². The van der Waals surface area contributed by atoms with Gasteiger partial charge in [0.05, 0.1) is 6.20 Å². The van der Waals surface area contributed by atoms with E-state index in [0.29, 0.717) is 13.2 Å². The summed E-state index contributed by atoms with van der Waals surface area (Å²) in [5.41, 5.74) is 1.28. The van der Waals surface area contributed by atoms with Gasteiger partial charge in [-0.2, -0.15) is 0 Å². The van der Waals surface area contributed by atoms with Crippen LogP contribution in [0.15, 0.2) is 42.9 Å². The van der Waals surface area contributed by atoms with Crippen molar-refractivity contribution < 1.29 is 9.84 Å². The Morgan fingerprint density at radius 3 is 2.37 bits per heavy atom. The van der Waals surface area contributed by atoms with E-state index in [9.17, 15) is 5.11 Å². The monoisotopic (exact) mass is 411 g/mol. The first-order valence-electron chi connectivity index (χ1n) is 11.1. The summed E-state index contributed by atoms with van der Waals surface area (Å²) in [5, 5.41) is 10.3. The summed E-state index contributed by atoms with van der Waals surface area (Å²) in [7, 11) is 0. The number of likely N-dealkylation sites (tertiary alicyclic amines) is 1. The van der Waals surface area contributed by atoms with Crippen LogP contribution in [-0.4, -0.2) is 83.4 Å². The highest BCUT2D eigenvalue weighted by atomic mass is 16.5. The largest absolute Gasteiger partial charge is 0.491 e. The van der Waals surface area contributed by atoms with Crippen LogP contribution in [0.4, 0.5) is 5.82 Å². The van der Waals surface area contributed by atoms with Crippen LogP contribution in [0.1, 0.15) is 24.8 Å². The lowest BCUT2D eigenvalue weighted by atomic mass is 10.1. The van der Waals surface area contributed by atoms with E-state index >= 15 is 0 Å². The highest BCUT2D eigenvalue weighted by molar-refractivity contribution is 5.35. The van der Waals surface area contributed by atoms with Gasteiger partial charge in [-0.15, -0.1) is 0 Å². The fraction of sp³-hybridized carbons (Fsp3) is 0.565. The summed E-state index contributed by atoms with van der Waals surface area (Å²) in [6, 6.07) is 8.28. The lowest BCUT2D eigenvalue weighted by Crippen LogP contribution is -2.46. The van der Waals surface area contributed by atoms with E-state index in [-0.39, 0.29) is 0 Å². The van der Waals surface area contributed by atoms with Gasteiger partial charge in [-0.25, -0.2) is 4.98 Å². The van der Waals surface area contributed by atoms with Crippen molar-refractivity contribution in [3.05, 3.63) is 48.4 Å². The van der Waals surface area contributed by atoms with Crippen LogP contribution in [0, 0.1) is 0 Å². The molecule has 7 heteroatoms. The third kappa shape index (κ3) is 6.14. The zero-order valence-corrected chi connectivity index (χ0v) is 17.7. The van der Waals surface area contributed by atoms with Crippen LogP contribution in [0.2, 0.25) is 0 Å². The first-order chi connectivity index (χ1) is 14.8. The first-order valence-corrected chi connectivity index (χ1v) is 11.1. The molecular formula is C23H33N5O2. The molecule has 2 aliphatic rings. The number of piperidine rings is 1. The van der Waals surface area contributed by atoms with Crippen molar-refractivity contribution in [1.82, 2.24) is 19.8 Å². The number of rotatable bonds is 8. The molecule has 3 heterocycles. The van der Waals surface area contributed by atoms with Crippen LogP contribution in [-0.2, 0) is 6.54 Å². The maximum atomic E-state index is 10.3. The number of hydrogen-bond donors (Lipinski definition) is 1. The second kappa shape index (κ2) is 10.7. The fourth-order valence-corrected chi connectivity index (χ4v) is 4.22. The molecule has 1 N–H and O–H groups in total. The molecule has 0 amide bonds. The molecule has 2 aromatic rings. The van der Waals surface area contributed by atoms with Crippen molar-refractivity contribution in [2.75, 3.05) is 57.3 Å². The number of aliphatic hydroxyl groups is 1. The molecule has 1 aromatic carbocycles. The summed E-state index contributed by atoms with van der Waals surface area (Å²) >= 11 is 0. The molecule has 7 nitrogen and oxygen atoms in total. The van der Waals surface area contributed by atoms with Gasteiger partial charge in [-0.3, -0.25) is 9.88 Å². The van der Waals surface area contributed by atoms with Gasteiger partial charge in [0.1, 0.15) is 24.3 Å². The summed E-state index contributed by atoms with van der Waals surface area (Å²) < 4.78 is 5.81. The number of ether oxygens (including phenoxy) is 1. The van der Waals surface area contributed by atoms with Crippen LogP contribution < -0.4 is 9.64 Å².